The highest BCUT2D eigenvalue weighted by Gasteiger charge is 2.15. The Hall–Kier alpha value is -2.74. The van der Waals surface area contributed by atoms with E-state index in [0.717, 1.165) is 0 Å². The van der Waals surface area contributed by atoms with Crippen molar-refractivity contribution in [1.82, 2.24) is 0 Å². The second-order valence-electron chi connectivity index (χ2n) is 7.48. The Morgan fingerprint density at radius 2 is 1.90 bits per heavy atom. The van der Waals surface area contributed by atoms with E-state index in [0.29, 0.717) is 56.1 Å². The van der Waals surface area contributed by atoms with E-state index >= 15 is 0 Å². The van der Waals surface area contributed by atoms with E-state index < -0.39 is 11.5 Å². The summed E-state index contributed by atoms with van der Waals surface area (Å²) in [6.45, 7) is 6.97. The topological polar surface area (TPSA) is 126 Å². The van der Waals surface area contributed by atoms with Gasteiger partial charge in [0.25, 0.3) is 0 Å². The lowest BCUT2D eigenvalue weighted by molar-refractivity contribution is -0.154. The molecule has 162 valence electrons. The summed E-state index contributed by atoms with van der Waals surface area (Å²) in [7, 11) is 1.62. The van der Waals surface area contributed by atoms with Gasteiger partial charge in [0.1, 0.15) is 17.0 Å². The van der Waals surface area contributed by atoms with Gasteiger partial charge >= 0.3 is 5.97 Å². The Labute approximate surface area is 172 Å². The Morgan fingerprint density at radius 3 is 2.52 bits per heavy atom. The molecule has 0 atom stereocenters. The average Bonchev–Trinajstić information content (AvgIpc) is 2.61. The molecule has 0 aromatic heterocycles. The second-order valence-corrected chi connectivity index (χ2v) is 7.48. The zero-order chi connectivity index (χ0) is 21.9. The van der Waals surface area contributed by atoms with Crippen LogP contribution in [0.3, 0.4) is 0 Å². The lowest BCUT2D eigenvalue weighted by atomic mass is 10.1. The number of esters is 1. The van der Waals surface area contributed by atoms with Crippen LogP contribution in [0.2, 0.25) is 0 Å². The number of nitrogens with one attached hydrogen (secondary N) is 1. The molecule has 0 unspecified atom stereocenters. The van der Waals surface area contributed by atoms with Crippen molar-refractivity contribution in [3.8, 4) is 5.75 Å². The fourth-order valence-corrected chi connectivity index (χ4v) is 2.42. The molecule has 1 aromatic carbocycles. The summed E-state index contributed by atoms with van der Waals surface area (Å²) in [5.74, 6) is -0.350. The standard InChI is InChI=1S/C21H33N3O5/c1-21(2,3)29-18(25)9-6-5-7-10-24-19-16(22)13-15(20(23)26)14-17(19)28-12-8-11-27-4/h5,7,13-14,24H,6,8-12,22H2,1-4H3,(H2,23,26)/b7-5+. The highest BCUT2D eigenvalue weighted by molar-refractivity contribution is 5.96. The molecule has 0 aliphatic rings. The van der Waals surface area contributed by atoms with Crippen molar-refractivity contribution in [3.05, 3.63) is 29.8 Å². The van der Waals surface area contributed by atoms with Crippen LogP contribution in [0, 0.1) is 0 Å². The van der Waals surface area contributed by atoms with E-state index in [1.807, 2.05) is 32.9 Å². The van der Waals surface area contributed by atoms with Crippen molar-refractivity contribution in [2.75, 3.05) is 37.9 Å². The van der Waals surface area contributed by atoms with Gasteiger partial charge in [0.05, 0.1) is 12.3 Å². The van der Waals surface area contributed by atoms with E-state index in [2.05, 4.69) is 5.32 Å². The lowest BCUT2D eigenvalue weighted by Gasteiger charge is -2.19. The number of allylic oxidation sites excluding steroid dienone is 1. The van der Waals surface area contributed by atoms with Gasteiger partial charge in [-0.2, -0.15) is 0 Å². The molecule has 8 nitrogen and oxygen atoms in total. The molecule has 1 amide bonds. The largest absolute Gasteiger partial charge is 0.491 e. The number of anilines is 2. The third-order valence-corrected chi connectivity index (χ3v) is 3.67. The first-order chi connectivity index (χ1) is 13.6. The van der Waals surface area contributed by atoms with Crippen molar-refractivity contribution in [3.63, 3.8) is 0 Å². The van der Waals surface area contributed by atoms with Crippen molar-refractivity contribution in [1.29, 1.82) is 0 Å². The number of nitrogens with two attached hydrogens (primary N) is 2. The van der Waals surface area contributed by atoms with Crippen LogP contribution in [0.1, 0.15) is 50.4 Å². The van der Waals surface area contributed by atoms with Crippen LogP contribution in [-0.4, -0.2) is 44.3 Å². The molecule has 0 saturated heterocycles. The first kappa shape index (κ1) is 24.3. The smallest absolute Gasteiger partial charge is 0.306 e. The van der Waals surface area contributed by atoms with E-state index in [1.54, 1.807) is 13.2 Å². The summed E-state index contributed by atoms with van der Waals surface area (Å²) in [5, 5.41) is 3.18. The predicted octanol–water partition coefficient (Wildman–Crippen LogP) is 2.87. The lowest BCUT2D eigenvalue weighted by Crippen LogP contribution is -2.23. The highest BCUT2D eigenvalue weighted by atomic mass is 16.6. The Morgan fingerprint density at radius 1 is 1.17 bits per heavy atom. The van der Waals surface area contributed by atoms with Gasteiger partial charge in [-0.1, -0.05) is 12.2 Å². The van der Waals surface area contributed by atoms with E-state index in [1.165, 1.54) is 6.07 Å². The molecule has 0 fully saturated rings. The molecular weight excluding hydrogens is 374 g/mol. The minimum atomic E-state index is -0.577. The summed E-state index contributed by atoms with van der Waals surface area (Å²) in [6, 6.07) is 3.08. The monoisotopic (exact) mass is 407 g/mol. The van der Waals surface area contributed by atoms with Crippen molar-refractivity contribution >= 4 is 23.3 Å². The summed E-state index contributed by atoms with van der Waals surface area (Å²) in [4.78, 5) is 23.2. The minimum absolute atomic E-state index is 0.229. The quantitative estimate of drug-likeness (QED) is 0.210. The number of hydrogen-bond acceptors (Lipinski definition) is 7. The Kier molecular flexibility index (Phi) is 10.0. The normalized spacial score (nSPS) is 11.4. The van der Waals surface area contributed by atoms with Gasteiger partial charge < -0.3 is 31.0 Å². The Balaban J connectivity index is 2.64. The molecule has 5 N–H and O–H groups in total. The average molecular weight is 408 g/mol. The van der Waals surface area contributed by atoms with Gasteiger partial charge in [0.15, 0.2) is 0 Å². The SMILES string of the molecule is COCCCOc1cc(C(N)=O)cc(N)c1NC/C=C/CCC(=O)OC(C)(C)C. The first-order valence-electron chi connectivity index (χ1n) is 9.60. The summed E-state index contributed by atoms with van der Waals surface area (Å²) >= 11 is 0. The summed E-state index contributed by atoms with van der Waals surface area (Å²) < 4.78 is 16.0. The molecule has 0 aliphatic heterocycles. The number of carbonyl (C=O) groups excluding carboxylic acids is 2. The molecule has 1 aromatic rings. The zero-order valence-corrected chi connectivity index (χ0v) is 17.7. The number of benzene rings is 1. The van der Waals surface area contributed by atoms with Gasteiger partial charge in [0, 0.05) is 38.7 Å². The van der Waals surface area contributed by atoms with E-state index in [9.17, 15) is 9.59 Å². The number of primary amides is 1. The van der Waals surface area contributed by atoms with Crippen LogP contribution in [0.25, 0.3) is 0 Å². The third kappa shape index (κ3) is 9.84. The number of nitrogen functional groups attached to an aromatic ring is 1. The third-order valence-electron chi connectivity index (χ3n) is 3.67. The van der Waals surface area contributed by atoms with E-state index in [-0.39, 0.29) is 11.5 Å². The molecule has 0 bridgehead atoms. The Bertz CT molecular complexity index is 711. The highest BCUT2D eigenvalue weighted by Crippen LogP contribution is 2.32. The maximum atomic E-state index is 11.7. The number of ether oxygens (including phenoxy) is 3. The van der Waals surface area contributed by atoms with Gasteiger partial charge in [-0.05, 0) is 39.3 Å². The summed E-state index contributed by atoms with van der Waals surface area (Å²) in [6.07, 6.45) is 5.37. The molecular formula is C21H33N3O5. The van der Waals surface area contributed by atoms with Crippen LogP contribution < -0.4 is 21.5 Å². The van der Waals surface area contributed by atoms with Gasteiger partial charge in [0.2, 0.25) is 5.91 Å². The number of methoxy groups -OCH3 is 1. The molecule has 29 heavy (non-hydrogen) atoms. The van der Waals surface area contributed by atoms with Gasteiger partial charge in [-0.15, -0.1) is 0 Å². The van der Waals surface area contributed by atoms with Gasteiger partial charge in [-0.3, -0.25) is 9.59 Å². The van der Waals surface area contributed by atoms with E-state index in [4.69, 9.17) is 25.7 Å². The molecule has 0 radical (unpaired) electrons. The maximum absolute atomic E-state index is 11.7. The fraction of sp³-hybridized carbons (Fsp3) is 0.524. The molecule has 8 heteroatoms. The van der Waals surface area contributed by atoms with Crippen LogP contribution in [0.5, 0.6) is 5.75 Å². The van der Waals surface area contributed by atoms with Gasteiger partial charge in [-0.25, -0.2) is 0 Å². The van der Waals surface area contributed by atoms with Crippen molar-refractivity contribution < 1.29 is 23.8 Å². The molecule has 0 heterocycles. The zero-order valence-electron chi connectivity index (χ0n) is 17.7. The number of rotatable bonds is 12. The van der Waals surface area contributed by atoms with Crippen LogP contribution >= 0.6 is 0 Å². The van der Waals surface area contributed by atoms with Crippen LogP contribution in [0.15, 0.2) is 24.3 Å². The molecule has 1 rings (SSSR count). The molecule has 0 saturated carbocycles. The first-order valence-corrected chi connectivity index (χ1v) is 9.60. The van der Waals surface area contributed by atoms with Crippen LogP contribution in [-0.2, 0) is 14.3 Å². The maximum Gasteiger partial charge on any atom is 0.306 e. The van der Waals surface area contributed by atoms with Crippen molar-refractivity contribution in [2.45, 2.75) is 45.6 Å². The number of carbonyl (C=O) groups is 2. The predicted molar refractivity (Wildman–Crippen MR) is 114 cm³/mol. The molecule has 0 spiro atoms. The van der Waals surface area contributed by atoms with Crippen LogP contribution in [0.4, 0.5) is 11.4 Å². The molecule has 0 aliphatic carbocycles. The number of amides is 1. The number of hydrogen-bond donors (Lipinski definition) is 3. The second kappa shape index (κ2) is 12.0. The fourth-order valence-electron chi connectivity index (χ4n) is 2.42. The van der Waals surface area contributed by atoms with Crippen molar-refractivity contribution in [2.24, 2.45) is 5.73 Å². The summed E-state index contributed by atoms with van der Waals surface area (Å²) in [5.41, 5.74) is 12.2. The minimum Gasteiger partial charge on any atom is -0.491 e.